The zero-order chi connectivity index (χ0) is 31.2. The van der Waals surface area contributed by atoms with Gasteiger partial charge >= 0.3 is 11.6 Å². The number of ether oxygens (including phenoxy) is 2. The number of fused-ring (bicyclic) bond motifs is 2. The maximum Gasteiger partial charge on any atom is 0.349 e. The van der Waals surface area contributed by atoms with Crippen LogP contribution in [0.5, 0.6) is 17.2 Å². The van der Waals surface area contributed by atoms with Crippen molar-refractivity contribution in [3.8, 4) is 23.3 Å². The fourth-order valence-electron chi connectivity index (χ4n) is 5.03. The van der Waals surface area contributed by atoms with Crippen LogP contribution < -0.4 is 20.2 Å². The van der Waals surface area contributed by atoms with E-state index in [2.05, 4.69) is 33.7 Å². The zero-order valence-corrected chi connectivity index (χ0v) is 24.1. The fraction of sp³-hybridized carbons (Fsp3) is 0.219. The smallest absolute Gasteiger partial charge is 0.349 e. The van der Waals surface area contributed by atoms with Gasteiger partial charge in [0, 0.05) is 71.5 Å². The Hall–Kier alpha value is -5.92. The molecule has 222 valence electrons. The number of anilines is 2. The van der Waals surface area contributed by atoms with Crippen LogP contribution in [0.25, 0.3) is 27.5 Å². The lowest BCUT2D eigenvalue weighted by Crippen LogP contribution is -2.41. The summed E-state index contributed by atoms with van der Waals surface area (Å²) in [5.41, 5.74) is 11.1. The van der Waals surface area contributed by atoms with Crippen molar-refractivity contribution >= 4 is 40.1 Å². The SMILES string of the molecule is CCN1CCN(CC)c2cc(Oc3ccc(N=[N+]=[N-])cc3)c(/C=C(\C#N)C(=O)OCc3cc(=O)oc4cc(O)ccc34)cc21. The Bertz CT molecular complexity index is 1900. The summed E-state index contributed by atoms with van der Waals surface area (Å²) in [4.78, 5) is 32.4. The number of likely N-dealkylation sites (N-methyl/N-ethyl adjacent to an activating group) is 2. The molecule has 1 aromatic heterocycles. The summed E-state index contributed by atoms with van der Waals surface area (Å²) < 4.78 is 16.8. The molecule has 2 heterocycles. The molecule has 5 rings (SSSR count). The number of hydrogen-bond acceptors (Lipinski definition) is 10. The number of nitriles is 1. The molecule has 0 aliphatic carbocycles. The van der Waals surface area contributed by atoms with E-state index in [1.807, 2.05) is 18.2 Å². The number of aromatic hydroxyl groups is 1. The second kappa shape index (κ2) is 12.9. The van der Waals surface area contributed by atoms with Gasteiger partial charge in [0.1, 0.15) is 41.1 Å². The first-order valence-electron chi connectivity index (χ1n) is 13.9. The first-order valence-corrected chi connectivity index (χ1v) is 13.9. The van der Waals surface area contributed by atoms with Crippen molar-refractivity contribution in [2.75, 3.05) is 36.0 Å². The van der Waals surface area contributed by atoms with Gasteiger partial charge in [0.15, 0.2) is 0 Å². The number of carbonyl (C=O) groups excluding carboxylic acids is 1. The average Bonchev–Trinajstić information content (AvgIpc) is 3.02. The van der Waals surface area contributed by atoms with E-state index in [0.717, 1.165) is 37.6 Å². The summed E-state index contributed by atoms with van der Waals surface area (Å²) in [6, 6.07) is 17.7. The highest BCUT2D eigenvalue weighted by atomic mass is 16.5. The van der Waals surface area contributed by atoms with Crippen molar-refractivity contribution in [2.24, 2.45) is 5.11 Å². The summed E-state index contributed by atoms with van der Waals surface area (Å²) in [5, 5.41) is 23.8. The average molecular weight is 593 g/mol. The van der Waals surface area contributed by atoms with E-state index >= 15 is 0 Å². The predicted octanol–water partition coefficient (Wildman–Crippen LogP) is 6.55. The van der Waals surface area contributed by atoms with E-state index in [0.29, 0.717) is 33.7 Å². The van der Waals surface area contributed by atoms with Crippen molar-refractivity contribution in [1.29, 1.82) is 5.26 Å². The minimum atomic E-state index is -0.891. The third-order valence-corrected chi connectivity index (χ3v) is 7.23. The minimum Gasteiger partial charge on any atom is -0.508 e. The Labute approximate surface area is 252 Å². The lowest BCUT2D eigenvalue weighted by Gasteiger charge is -2.38. The van der Waals surface area contributed by atoms with Crippen LogP contribution in [0.1, 0.15) is 25.0 Å². The van der Waals surface area contributed by atoms with Gasteiger partial charge in [0.25, 0.3) is 0 Å². The Morgan fingerprint density at radius 1 is 1.09 bits per heavy atom. The molecule has 0 saturated carbocycles. The number of rotatable bonds is 9. The van der Waals surface area contributed by atoms with Gasteiger partial charge in [-0.2, -0.15) is 5.26 Å². The number of hydrogen-bond donors (Lipinski definition) is 1. The third kappa shape index (κ3) is 6.28. The Balaban J connectivity index is 1.51. The molecule has 0 amide bonds. The summed E-state index contributed by atoms with van der Waals surface area (Å²) in [6.45, 7) is 7.01. The molecule has 0 fully saturated rings. The molecule has 4 aromatic rings. The highest BCUT2D eigenvalue weighted by Gasteiger charge is 2.24. The van der Waals surface area contributed by atoms with Gasteiger partial charge in [-0.15, -0.1) is 0 Å². The predicted molar refractivity (Wildman–Crippen MR) is 165 cm³/mol. The lowest BCUT2D eigenvalue weighted by atomic mass is 10.0. The van der Waals surface area contributed by atoms with Crippen molar-refractivity contribution in [3.05, 3.63) is 98.2 Å². The molecule has 0 atom stereocenters. The molecule has 44 heavy (non-hydrogen) atoms. The fourth-order valence-corrected chi connectivity index (χ4v) is 5.03. The number of benzene rings is 3. The number of phenols is 1. The number of phenolic OH excluding ortho intramolecular Hbond substituents is 1. The van der Waals surface area contributed by atoms with Crippen molar-refractivity contribution in [2.45, 2.75) is 20.5 Å². The van der Waals surface area contributed by atoms with E-state index in [1.54, 1.807) is 30.3 Å². The Morgan fingerprint density at radius 2 is 1.80 bits per heavy atom. The van der Waals surface area contributed by atoms with Crippen LogP contribution >= 0.6 is 0 Å². The van der Waals surface area contributed by atoms with Crippen molar-refractivity contribution in [3.63, 3.8) is 0 Å². The van der Waals surface area contributed by atoms with Crippen molar-refractivity contribution < 1.29 is 23.8 Å². The van der Waals surface area contributed by atoms with Gasteiger partial charge in [0.2, 0.25) is 0 Å². The molecule has 1 aliphatic rings. The van der Waals surface area contributed by atoms with Gasteiger partial charge in [-0.25, -0.2) is 9.59 Å². The standard InChI is InChI=1S/C32H28N6O6/c1-3-37-11-12-38(4-2)28-17-29(43-25-8-5-23(6-9-25)35-36-34)20(14-27(28)37)13-21(18-33)32(41)42-19-22-15-31(40)44-30-16-24(39)7-10-26(22)30/h5-10,13-17,39H,3-4,11-12,19H2,1-2H3/b21-13+. The van der Waals surface area contributed by atoms with Crippen LogP contribution in [-0.4, -0.2) is 37.3 Å². The first-order chi connectivity index (χ1) is 21.3. The molecular weight excluding hydrogens is 564 g/mol. The molecule has 3 aromatic carbocycles. The quantitative estimate of drug-likeness (QED) is 0.0431. The monoisotopic (exact) mass is 592 g/mol. The van der Waals surface area contributed by atoms with E-state index in [9.17, 15) is 20.0 Å². The lowest BCUT2D eigenvalue weighted by molar-refractivity contribution is -0.139. The minimum absolute atomic E-state index is 0.0807. The molecule has 12 heteroatoms. The summed E-state index contributed by atoms with van der Waals surface area (Å²) in [7, 11) is 0. The van der Waals surface area contributed by atoms with Gasteiger partial charge in [-0.3, -0.25) is 0 Å². The van der Waals surface area contributed by atoms with Crippen LogP contribution in [0.15, 0.2) is 80.6 Å². The zero-order valence-electron chi connectivity index (χ0n) is 24.1. The number of carbonyl (C=O) groups is 1. The first kappa shape index (κ1) is 29.6. The summed E-state index contributed by atoms with van der Waals surface area (Å²) in [6.07, 6.45) is 1.42. The molecule has 12 nitrogen and oxygen atoms in total. The number of esters is 1. The van der Waals surface area contributed by atoms with E-state index in [-0.39, 0.29) is 23.5 Å². The van der Waals surface area contributed by atoms with E-state index in [1.165, 1.54) is 24.3 Å². The molecule has 0 spiro atoms. The molecule has 0 bridgehead atoms. The topological polar surface area (TPSA) is 165 Å². The molecule has 1 aliphatic heterocycles. The summed E-state index contributed by atoms with van der Waals surface area (Å²) >= 11 is 0. The van der Waals surface area contributed by atoms with E-state index < -0.39 is 11.6 Å². The van der Waals surface area contributed by atoms with Gasteiger partial charge in [-0.05, 0) is 67.9 Å². The van der Waals surface area contributed by atoms with Crippen molar-refractivity contribution in [1.82, 2.24) is 0 Å². The second-order valence-corrected chi connectivity index (χ2v) is 9.84. The van der Waals surface area contributed by atoms with Gasteiger partial charge in [0.05, 0.1) is 11.4 Å². The molecule has 0 radical (unpaired) electrons. The van der Waals surface area contributed by atoms with Crippen LogP contribution in [0.2, 0.25) is 0 Å². The highest BCUT2D eigenvalue weighted by molar-refractivity contribution is 5.99. The second-order valence-electron chi connectivity index (χ2n) is 9.84. The van der Waals surface area contributed by atoms with Crippen LogP contribution in [-0.2, 0) is 16.1 Å². The molecule has 0 saturated heterocycles. The van der Waals surface area contributed by atoms with E-state index in [4.69, 9.17) is 19.4 Å². The third-order valence-electron chi connectivity index (χ3n) is 7.23. The maximum atomic E-state index is 13.1. The van der Waals surface area contributed by atoms with Crippen LogP contribution in [0, 0.1) is 11.3 Å². The van der Waals surface area contributed by atoms with Gasteiger partial charge in [-0.1, -0.05) is 5.11 Å². The Morgan fingerprint density at radius 3 is 2.45 bits per heavy atom. The van der Waals surface area contributed by atoms with Crippen LogP contribution in [0.4, 0.5) is 17.1 Å². The highest BCUT2D eigenvalue weighted by Crippen LogP contribution is 2.41. The van der Waals surface area contributed by atoms with Crippen LogP contribution in [0.3, 0.4) is 0 Å². The largest absolute Gasteiger partial charge is 0.508 e. The Kier molecular flexibility index (Phi) is 8.69. The normalized spacial score (nSPS) is 12.7. The van der Waals surface area contributed by atoms with Gasteiger partial charge < -0.3 is 28.8 Å². The number of azide groups is 1. The molecule has 0 unspecified atom stereocenters. The molecule has 1 N–H and O–H groups in total. The number of nitrogens with zero attached hydrogens (tertiary/aromatic N) is 6. The molecular formula is C32H28N6O6. The maximum absolute atomic E-state index is 13.1. The summed E-state index contributed by atoms with van der Waals surface area (Å²) in [5.74, 6) is -0.103.